The number of imidazole rings is 1. The van der Waals surface area contributed by atoms with E-state index in [4.69, 9.17) is 5.73 Å². The molecule has 3 nitrogen and oxygen atoms in total. The van der Waals surface area contributed by atoms with Crippen LogP contribution in [0.15, 0.2) is 18.2 Å². The summed E-state index contributed by atoms with van der Waals surface area (Å²) in [6.45, 7) is 0. The first kappa shape index (κ1) is 13.6. The Kier molecular flexibility index (Phi) is 3.32. The van der Waals surface area contributed by atoms with Crippen molar-refractivity contribution in [3.63, 3.8) is 0 Å². The first-order chi connectivity index (χ1) is 9.47. The second-order valence-corrected chi connectivity index (χ2v) is 6.07. The summed E-state index contributed by atoms with van der Waals surface area (Å²) < 4.78 is 41.0. The molecular formula is C13H14F3N3S. The first-order valence-electron chi connectivity index (χ1n) is 6.39. The van der Waals surface area contributed by atoms with Crippen LogP contribution in [0.3, 0.4) is 0 Å². The Labute approximate surface area is 118 Å². The predicted molar refractivity (Wildman–Crippen MR) is 74.7 cm³/mol. The Hall–Kier alpha value is -1.37. The Morgan fingerprint density at radius 3 is 2.80 bits per heavy atom. The number of rotatable bonds is 1. The number of fused-ring (bicyclic) bond motifs is 1. The van der Waals surface area contributed by atoms with Crippen LogP contribution in [0.5, 0.6) is 0 Å². The van der Waals surface area contributed by atoms with Gasteiger partial charge in [-0.3, -0.25) is 0 Å². The highest BCUT2D eigenvalue weighted by atomic mass is 32.2. The van der Waals surface area contributed by atoms with E-state index in [1.165, 1.54) is 10.6 Å². The van der Waals surface area contributed by atoms with E-state index >= 15 is 0 Å². The second-order valence-electron chi connectivity index (χ2n) is 4.92. The monoisotopic (exact) mass is 301 g/mol. The van der Waals surface area contributed by atoms with Gasteiger partial charge in [0.15, 0.2) is 0 Å². The molecule has 2 heterocycles. The van der Waals surface area contributed by atoms with Crippen molar-refractivity contribution in [2.24, 2.45) is 0 Å². The number of alkyl halides is 3. The van der Waals surface area contributed by atoms with Gasteiger partial charge in [0.1, 0.15) is 0 Å². The topological polar surface area (TPSA) is 43.8 Å². The fraction of sp³-hybridized carbons (Fsp3) is 0.462. The van der Waals surface area contributed by atoms with Crippen molar-refractivity contribution in [3.05, 3.63) is 24.0 Å². The molecular weight excluding hydrogens is 287 g/mol. The number of hydrogen-bond donors (Lipinski definition) is 1. The third-order valence-corrected chi connectivity index (χ3v) is 4.67. The van der Waals surface area contributed by atoms with E-state index in [0.29, 0.717) is 22.5 Å². The lowest BCUT2D eigenvalue weighted by molar-refractivity contribution is -0.147. The summed E-state index contributed by atoms with van der Waals surface area (Å²) in [5.41, 5.74) is 6.89. The van der Waals surface area contributed by atoms with Crippen LogP contribution < -0.4 is 5.73 Å². The van der Waals surface area contributed by atoms with Crippen LogP contribution in [0.4, 0.5) is 18.9 Å². The van der Waals surface area contributed by atoms with E-state index in [2.05, 4.69) is 4.98 Å². The van der Waals surface area contributed by atoms with Gasteiger partial charge < -0.3 is 10.3 Å². The van der Waals surface area contributed by atoms with Crippen LogP contribution in [0.1, 0.15) is 24.7 Å². The Morgan fingerprint density at radius 1 is 1.35 bits per heavy atom. The summed E-state index contributed by atoms with van der Waals surface area (Å²) in [6.07, 6.45) is -2.76. The van der Waals surface area contributed by atoms with Gasteiger partial charge in [0.25, 0.3) is 0 Å². The zero-order valence-electron chi connectivity index (χ0n) is 10.7. The average Bonchev–Trinajstić information content (AvgIpc) is 2.78. The van der Waals surface area contributed by atoms with Gasteiger partial charge in [0, 0.05) is 17.5 Å². The molecule has 20 heavy (non-hydrogen) atoms. The predicted octanol–water partition coefficient (Wildman–Crippen LogP) is 3.71. The number of halogens is 3. The van der Waals surface area contributed by atoms with Gasteiger partial charge in [0.05, 0.1) is 11.0 Å². The van der Waals surface area contributed by atoms with E-state index < -0.39 is 12.0 Å². The van der Waals surface area contributed by atoms with Gasteiger partial charge in [-0.15, -0.1) is 0 Å². The van der Waals surface area contributed by atoms with E-state index in [-0.39, 0.29) is 6.04 Å². The van der Waals surface area contributed by atoms with Crippen LogP contribution in [-0.2, 0) is 6.18 Å². The number of anilines is 1. The van der Waals surface area contributed by atoms with Gasteiger partial charge in [-0.25, -0.2) is 4.98 Å². The van der Waals surface area contributed by atoms with Crippen molar-refractivity contribution in [2.75, 3.05) is 17.2 Å². The van der Waals surface area contributed by atoms with Crippen LogP contribution in [-0.4, -0.2) is 21.1 Å². The summed E-state index contributed by atoms with van der Waals surface area (Å²) in [6, 6.07) is 4.60. The molecule has 7 heteroatoms. The normalized spacial score (nSPS) is 20.4. The Balaban J connectivity index is 2.20. The highest BCUT2D eigenvalue weighted by Crippen LogP contribution is 2.37. The molecule has 1 atom stereocenters. The zero-order valence-corrected chi connectivity index (χ0v) is 11.5. The SMILES string of the molecule is Nc1ccc2c(c1)nc(C(F)(F)F)n2C1CCCSC1. The first-order valence-corrected chi connectivity index (χ1v) is 7.54. The average molecular weight is 301 g/mol. The van der Waals surface area contributed by atoms with Gasteiger partial charge in [-0.1, -0.05) is 0 Å². The quantitative estimate of drug-likeness (QED) is 0.817. The van der Waals surface area contributed by atoms with Crippen LogP contribution >= 0.6 is 11.8 Å². The number of nitrogen functional groups attached to an aromatic ring is 1. The summed E-state index contributed by atoms with van der Waals surface area (Å²) in [5, 5.41) is 0. The largest absolute Gasteiger partial charge is 0.449 e. The standard InChI is InChI=1S/C13H14F3N3S/c14-13(15,16)12-18-10-6-8(17)3-4-11(10)19(12)9-2-1-5-20-7-9/h3-4,6,9H,1-2,5,7,17H2. The number of nitrogens with two attached hydrogens (primary N) is 1. The zero-order chi connectivity index (χ0) is 14.3. The molecule has 0 saturated carbocycles. The van der Waals surface area contributed by atoms with E-state index in [1.54, 1.807) is 23.9 Å². The summed E-state index contributed by atoms with van der Waals surface area (Å²) in [7, 11) is 0. The lowest BCUT2D eigenvalue weighted by Gasteiger charge is -2.25. The van der Waals surface area contributed by atoms with Gasteiger partial charge in [0.2, 0.25) is 5.82 Å². The fourth-order valence-electron chi connectivity index (χ4n) is 2.61. The second kappa shape index (κ2) is 4.87. The molecule has 1 aromatic carbocycles. The molecule has 1 aliphatic heterocycles. The van der Waals surface area contributed by atoms with Crippen molar-refractivity contribution < 1.29 is 13.2 Å². The lowest BCUT2D eigenvalue weighted by atomic mass is 10.1. The molecule has 0 amide bonds. The molecule has 1 unspecified atom stereocenters. The molecule has 0 spiro atoms. The van der Waals surface area contributed by atoms with Crippen molar-refractivity contribution in [1.82, 2.24) is 9.55 Å². The van der Waals surface area contributed by atoms with Crippen molar-refractivity contribution in [3.8, 4) is 0 Å². The van der Waals surface area contributed by atoms with Gasteiger partial charge >= 0.3 is 6.18 Å². The number of nitrogens with zero attached hydrogens (tertiary/aromatic N) is 2. The van der Waals surface area contributed by atoms with Crippen LogP contribution in [0.25, 0.3) is 11.0 Å². The molecule has 2 aromatic rings. The molecule has 3 rings (SSSR count). The molecule has 1 fully saturated rings. The molecule has 1 saturated heterocycles. The van der Waals surface area contributed by atoms with Crippen molar-refractivity contribution >= 4 is 28.5 Å². The van der Waals surface area contributed by atoms with E-state index in [9.17, 15) is 13.2 Å². The molecule has 0 aliphatic carbocycles. The molecule has 0 radical (unpaired) electrons. The van der Waals surface area contributed by atoms with E-state index in [1.807, 2.05) is 0 Å². The van der Waals surface area contributed by atoms with Crippen LogP contribution in [0.2, 0.25) is 0 Å². The number of hydrogen-bond acceptors (Lipinski definition) is 3. The molecule has 0 bridgehead atoms. The van der Waals surface area contributed by atoms with Gasteiger partial charge in [-0.05, 0) is 36.8 Å². The van der Waals surface area contributed by atoms with Gasteiger partial charge in [-0.2, -0.15) is 24.9 Å². The summed E-state index contributed by atoms with van der Waals surface area (Å²) in [5.74, 6) is 0.890. The fourth-order valence-corrected chi connectivity index (χ4v) is 3.74. The molecule has 1 aliphatic rings. The molecule has 1 aromatic heterocycles. The molecule has 2 N–H and O–H groups in total. The third-order valence-electron chi connectivity index (χ3n) is 3.47. The maximum absolute atomic E-state index is 13.2. The highest BCUT2D eigenvalue weighted by Gasteiger charge is 2.39. The minimum absolute atomic E-state index is 0.154. The number of aromatic nitrogens is 2. The lowest BCUT2D eigenvalue weighted by Crippen LogP contribution is -2.22. The summed E-state index contributed by atoms with van der Waals surface area (Å²) >= 11 is 1.69. The minimum Gasteiger partial charge on any atom is -0.399 e. The van der Waals surface area contributed by atoms with Crippen LogP contribution in [0, 0.1) is 0 Å². The van der Waals surface area contributed by atoms with Crippen molar-refractivity contribution in [2.45, 2.75) is 25.1 Å². The molecule has 108 valence electrons. The van der Waals surface area contributed by atoms with E-state index in [0.717, 1.165) is 18.6 Å². The maximum Gasteiger partial charge on any atom is 0.449 e. The number of benzene rings is 1. The maximum atomic E-state index is 13.2. The van der Waals surface area contributed by atoms with Crippen molar-refractivity contribution in [1.29, 1.82) is 0 Å². The number of thioether (sulfide) groups is 1. The third kappa shape index (κ3) is 2.34. The highest BCUT2D eigenvalue weighted by molar-refractivity contribution is 7.99. The smallest absolute Gasteiger partial charge is 0.399 e. The minimum atomic E-state index is -4.45. The summed E-state index contributed by atoms with van der Waals surface area (Å²) in [4.78, 5) is 3.77. The Morgan fingerprint density at radius 2 is 2.15 bits per heavy atom. The Bertz CT molecular complexity index is 630.